The molecule has 0 aromatic heterocycles. The van der Waals surface area contributed by atoms with Gasteiger partial charge in [0, 0.05) is 19.3 Å². The normalized spacial score (nSPS) is 18.5. The maximum Gasteiger partial charge on any atom is 0.305 e. The van der Waals surface area contributed by atoms with Crippen LogP contribution < -0.4 is 0 Å². The molecule has 0 aliphatic carbocycles. The molecule has 1 saturated heterocycles. The number of hydrogen-bond acceptors (Lipinski definition) is 4. The van der Waals surface area contributed by atoms with Gasteiger partial charge in [0.15, 0.2) is 0 Å². The van der Waals surface area contributed by atoms with Gasteiger partial charge in [-0.25, -0.2) is 0 Å². The first kappa shape index (κ1) is 22.2. The number of ether oxygens (including phenoxy) is 1. The maximum absolute atomic E-state index is 12.2. The van der Waals surface area contributed by atoms with Crippen molar-refractivity contribution in [1.29, 1.82) is 0 Å². The number of esters is 1. The third-order valence-electron chi connectivity index (χ3n) is 4.55. The number of likely N-dealkylation sites (tertiary alicyclic amines) is 1. The molecular weight excluding hydrogens is 330 g/mol. The molecular formula is C21H33NO4. The highest BCUT2D eigenvalue weighted by molar-refractivity contribution is 5.78. The van der Waals surface area contributed by atoms with Gasteiger partial charge in [-0.05, 0) is 25.7 Å². The van der Waals surface area contributed by atoms with E-state index in [2.05, 4.69) is 23.5 Å². The van der Waals surface area contributed by atoms with Crippen molar-refractivity contribution in [2.75, 3.05) is 13.7 Å². The van der Waals surface area contributed by atoms with Gasteiger partial charge < -0.3 is 14.7 Å². The van der Waals surface area contributed by atoms with Crippen molar-refractivity contribution in [3.8, 4) is 11.8 Å². The van der Waals surface area contributed by atoms with E-state index in [-0.39, 0.29) is 17.9 Å². The lowest BCUT2D eigenvalue weighted by atomic mass is 10.00. The van der Waals surface area contributed by atoms with E-state index in [9.17, 15) is 14.7 Å². The summed E-state index contributed by atoms with van der Waals surface area (Å²) in [5, 5.41) is 10.0. The Morgan fingerprint density at radius 1 is 1.38 bits per heavy atom. The highest BCUT2D eigenvalue weighted by Gasteiger charge is 2.25. The average Bonchev–Trinajstić information content (AvgIpc) is 2.64. The molecule has 0 aromatic carbocycles. The first-order valence-corrected chi connectivity index (χ1v) is 9.76. The van der Waals surface area contributed by atoms with E-state index in [1.165, 1.54) is 7.11 Å². The minimum Gasteiger partial charge on any atom is -0.469 e. The van der Waals surface area contributed by atoms with Gasteiger partial charge in [-0.15, -0.1) is 5.92 Å². The second-order valence-electron chi connectivity index (χ2n) is 6.71. The van der Waals surface area contributed by atoms with Gasteiger partial charge in [-0.2, -0.15) is 0 Å². The van der Waals surface area contributed by atoms with Gasteiger partial charge in [0.25, 0.3) is 0 Å². The number of unbranched alkanes of at least 4 members (excludes halogenated alkanes) is 3. The van der Waals surface area contributed by atoms with Gasteiger partial charge in [0.05, 0.1) is 25.8 Å². The molecule has 2 atom stereocenters. The summed E-state index contributed by atoms with van der Waals surface area (Å²) in [5.74, 6) is 5.97. The Morgan fingerprint density at radius 3 is 2.92 bits per heavy atom. The van der Waals surface area contributed by atoms with Crippen molar-refractivity contribution >= 4 is 11.9 Å². The smallest absolute Gasteiger partial charge is 0.305 e. The minimum atomic E-state index is -0.440. The number of piperidine rings is 1. The number of hydrogen-bond donors (Lipinski definition) is 1. The van der Waals surface area contributed by atoms with Crippen LogP contribution in [0.5, 0.6) is 0 Å². The molecule has 0 saturated carbocycles. The van der Waals surface area contributed by atoms with Gasteiger partial charge in [-0.1, -0.05) is 44.3 Å². The molecule has 1 amide bonds. The molecule has 1 unspecified atom stereocenters. The molecule has 1 aliphatic rings. The molecule has 1 N–H and O–H groups in total. The van der Waals surface area contributed by atoms with Crippen molar-refractivity contribution < 1.29 is 19.4 Å². The monoisotopic (exact) mass is 363 g/mol. The number of rotatable bonds is 10. The van der Waals surface area contributed by atoms with Crippen LogP contribution in [0.25, 0.3) is 0 Å². The fourth-order valence-electron chi connectivity index (χ4n) is 2.96. The summed E-state index contributed by atoms with van der Waals surface area (Å²) in [6.07, 6.45) is 11.4. The third kappa shape index (κ3) is 9.05. The number of carbonyl (C=O) groups excluding carboxylic acids is 2. The van der Waals surface area contributed by atoms with Crippen LogP contribution in [0.1, 0.15) is 71.1 Å². The standard InChI is InChI=1S/C21H33NO4/c1-3-4-7-12-19(23)16-15-18-11-10-13-20(24)22(18)17-9-6-5-8-14-21(25)26-2/h15-16,18-19,23H,3-5,7-8,10-14,17H2,1-2H3/b16-15+/t18?,19-/m1/s1. The molecule has 0 bridgehead atoms. The molecule has 1 fully saturated rings. The van der Waals surface area contributed by atoms with Gasteiger partial charge in [0.1, 0.15) is 0 Å². The zero-order chi connectivity index (χ0) is 19.2. The summed E-state index contributed by atoms with van der Waals surface area (Å²) in [6, 6.07) is 0.0152. The molecule has 26 heavy (non-hydrogen) atoms. The molecule has 0 aromatic rings. The fraction of sp³-hybridized carbons (Fsp3) is 0.714. The molecule has 1 aliphatic heterocycles. The summed E-state index contributed by atoms with van der Waals surface area (Å²) in [4.78, 5) is 25.0. The number of amides is 1. The van der Waals surface area contributed by atoms with Gasteiger partial charge >= 0.3 is 5.97 Å². The number of carbonyl (C=O) groups is 2. The lowest BCUT2D eigenvalue weighted by Gasteiger charge is -2.32. The Labute approximate surface area is 157 Å². The number of aliphatic hydroxyl groups excluding tert-OH is 1. The first-order valence-electron chi connectivity index (χ1n) is 9.76. The van der Waals surface area contributed by atoms with Crippen molar-refractivity contribution in [1.82, 2.24) is 4.90 Å². The molecule has 146 valence electrons. The second kappa shape index (κ2) is 13.4. The number of aliphatic hydroxyl groups is 1. The molecule has 1 heterocycles. The Morgan fingerprint density at radius 2 is 2.19 bits per heavy atom. The first-order chi connectivity index (χ1) is 12.6. The summed E-state index contributed by atoms with van der Waals surface area (Å²) in [7, 11) is 1.38. The summed E-state index contributed by atoms with van der Waals surface area (Å²) >= 11 is 0. The van der Waals surface area contributed by atoms with Crippen LogP contribution in [0.2, 0.25) is 0 Å². The second-order valence-corrected chi connectivity index (χ2v) is 6.71. The maximum atomic E-state index is 12.2. The largest absolute Gasteiger partial charge is 0.469 e. The SMILES string of the molecule is CCCCC[C@@H](O)/C=C/C1CCCC(=O)N1CC#CCCCC(=O)OC. The summed E-state index contributed by atoms with van der Waals surface area (Å²) < 4.78 is 4.59. The van der Waals surface area contributed by atoms with Crippen molar-refractivity contribution in [2.45, 2.75) is 83.3 Å². The zero-order valence-electron chi connectivity index (χ0n) is 16.2. The predicted octanol–water partition coefficient (Wildman–Crippen LogP) is 3.21. The van der Waals surface area contributed by atoms with Crippen LogP contribution >= 0.6 is 0 Å². The highest BCUT2D eigenvalue weighted by atomic mass is 16.5. The van der Waals surface area contributed by atoms with Crippen LogP contribution in [-0.2, 0) is 14.3 Å². The zero-order valence-corrected chi connectivity index (χ0v) is 16.2. The van der Waals surface area contributed by atoms with Crippen LogP contribution in [0.3, 0.4) is 0 Å². The van der Waals surface area contributed by atoms with Gasteiger partial charge in [0.2, 0.25) is 5.91 Å². The Balaban J connectivity index is 2.46. The molecule has 0 radical (unpaired) electrons. The Kier molecular flexibility index (Phi) is 11.5. The van der Waals surface area contributed by atoms with E-state index in [0.717, 1.165) is 38.5 Å². The number of methoxy groups -OCH3 is 1. The van der Waals surface area contributed by atoms with E-state index >= 15 is 0 Å². The molecule has 1 rings (SSSR count). The number of nitrogens with zero attached hydrogens (tertiary/aromatic N) is 1. The van der Waals surface area contributed by atoms with Crippen LogP contribution in [0, 0.1) is 11.8 Å². The van der Waals surface area contributed by atoms with Crippen molar-refractivity contribution in [2.24, 2.45) is 0 Å². The van der Waals surface area contributed by atoms with E-state index < -0.39 is 6.10 Å². The van der Waals surface area contributed by atoms with E-state index in [1.807, 2.05) is 12.2 Å². The van der Waals surface area contributed by atoms with Gasteiger partial charge in [-0.3, -0.25) is 9.59 Å². The summed E-state index contributed by atoms with van der Waals surface area (Å²) in [5.41, 5.74) is 0. The van der Waals surface area contributed by atoms with Crippen molar-refractivity contribution in [3.63, 3.8) is 0 Å². The lowest BCUT2D eigenvalue weighted by Crippen LogP contribution is -2.42. The fourth-order valence-corrected chi connectivity index (χ4v) is 2.96. The topological polar surface area (TPSA) is 66.8 Å². The molecule has 5 heteroatoms. The van der Waals surface area contributed by atoms with Crippen LogP contribution in [-0.4, -0.2) is 47.7 Å². The van der Waals surface area contributed by atoms with E-state index in [4.69, 9.17) is 0 Å². The quantitative estimate of drug-likeness (QED) is 0.280. The van der Waals surface area contributed by atoms with Crippen LogP contribution in [0.15, 0.2) is 12.2 Å². The van der Waals surface area contributed by atoms with Crippen LogP contribution in [0.4, 0.5) is 0 Å². The average molecular weight is 363 g/mol. The summed E-state index contributed by atoms with van der Waals surface area (Å²) in [6.45, 7) is 2.54. The third-order valence-corrected chi connectivity index (χ3v) is 4.55. The van der Waals surface area contributed by atoms with E-state index in [0.29, 0.717) is 32.2 Å². The molecule has 0 spiro atoms. The molecule has 5 nitrogen and oxygen atoms in total. The Hall–Kier alpha value is -1.80. The lowest BCUT2D eigenvalue weighted by molar-refractivity contribution is -0.140. The minimum absolute atomic E-state index is 0.0152. The van der Waals surface area contributed by atoms with Crippen molar-refractivity contribution in [3.05, 3.63) is 12.2 Å². The highest BCUT2D eigenvalue weighted by Crippen LogP contribution is 2.19. The predicted molar refractivity (Wildman–Crippen MR) is 102 cm³/mol. The Bertz CT molecular complexity index is 518. The van der Waals surface area contributed by atoms with E-state index in [1.54, 1.807) is 4.90 Å².